The predicted molar refractivity (Wildman–Crippen MR) is 77.9 cm³/mol. The van der Waals surface area contributed by atoms with Crippen LogP contribution in [0.3, 0.4) is 0 Å². The number of thiazole rings is 1. The fourth-order valence-electron chi connectivity index (χ4n) is 3.49. The van der Waals surface area contributed by atoms with E-state index in [4.69, 9.17) is 0 Å². The van der Waals surface area contributed by atoms with Gasteiger partial charge >= 0.3 is 0 Å². The molecule has 1 aromatic heterocycles. The third kappa shape index (κ3) is 2.51. The number of likely N-dealkylation sites (tertiary alicyclic amines) is 1. The third-order valence-corrected chi connectivity index (χ3v) is 5.24. The average Bonchev–Trinajstić information content (AvgIpc) is 3.07. The number of carbonyl (C=O) groups is 2. The molecule has 1 aliphatic carbocycles. The lowest BCUT2D eigenvalue weighted by atomic mass is 9.82. The van der Waals surface area contributed by atoms with Crippen LogP contribution >= 0.6 is 11.3 Å². The Morgan fingerprint density at radius 3 is 2.90 bits per heavy atom. The maximum absolute atomic E-state index is 12.6. The Bertz CT molecular complexity index is 526. The monoisotopic (exact) mass is 292 g/mol. The third-order valence-electron chi connectivity index (χ3n) is 4.46. The van der Waals surface area contributed by atoms with E-state index in [1.54, 1.807) is 0 Å². The first-order valence-corrected chi connectivity index (χ1v) is 8.30. The number of amides is 1. The van der Waals surface area contributed by atoms with Crippen molar-refractivity contribution in [3.05, 3.63) is 16.1 Å². The quantitative estimate of drug-likeness (QED) is 0.842. The van der Waals surface area contributed by atoms with Gasteiger partial charge in [-0.2, -0.15) is 0 Å². The standard InChI is InChI=1S/C15H20N2O2S/c1-10-16-12(9-20-10)15(19)17-8-4-6-13(17)11-5-2-3-7-14(11)18/h9,11,13H,2-8H2,1H3. The van der Waals surface area contributed by atoms with Gasteiger partial charge in [0.05, 0.1) is 5.01 Å². The van der Waals surface area contributed by atoms with Crippen molar-refractivity contribution in [3.63, 3.8) is 0 Å². The normalized spacial score (nSPS) is 27.1. The van der Waals surface area contributed by atoms with E-state index in [2.05, 4.69) is 4.98 Å². The molecule has 2 heterocycles. The van der Waals surface area contributed by atoms with Crippen molar-refractivity contribution in [1.82, 2.24) is 9.88 Å². The number of hydrogen-bond acceptors (Lipinski definition) is 4. The van der Waals surface area contributed by atoms with Crippen molar-refractivity contribution in [2.24, 2.45) is 5.92 Å². The summed E-state index contributed by atoms with van der Waals surface area (Å²) >= 11 is 1.50. The Morgan fingerprint density at radius 1 is 1.35 bits per heavy atom. The van der Waals surface area contributed by atoms with Crippen molar-refractivity contribution < 1.29 is 9.59 Å². The highest BCUT2D eigenvalue weighted by Crippen LogP contribution is 2.33. The van der Waals surface area contributed by atoms with Crippen LogP contribution in [0.1, 0.15) is 54.0 Å². The smallest absolute Gasteiger partial charge is 0.273 e. The van der Waals surface area contributed by atoms with E-state index in [-0.39, 0.29) is 17.9 Å². The summed E-state index contributed by atoms with van der Waals surface area (Å²) in [6, 6.07) is 0.109. The minimum Gasteiger partial charge on any atom is -0.334 e. The molecule has 1 saturated heterocycles. The summed E-state index contributed by atoms with van der Waals surface area (Å²) < 4.78 is 0. The van der Waals surface area contributed by atoms with Crippen LogP contribution in [0.5, 0.6) is 0 Å². The number of aromatic nitrogens is 1. The zero-order chi connectivity index (χ0) is 14.1. The van der Waals surface area contributed by atoms with E-state index in [1.807, 2.05) is 17.2 Å². The van der Waals surface area contributed by atoms with E-state index in [0.29, 0.717) is 17.9 Å². The Balaban J connectivity index is 1.78. The van der Waals surface area contributed by atoms with Crippen LogP contribution in [0.15, 0.2) is 5.38 Å². The summed E-state index contributed by atoms with van der Waals surface area (Å²) in [5.41, 5.74) is 0.544. The van der Waals surface area contributed by atoms with Crippen molar-refractivity contribution in [3.8, 4) is 0 Å². The molecule has 0 aromatic carbocycles. The lowest BCUT2D eigenvalue weighted by molar-refractivity contribution is -0.126. The molecule has 1 aliphatic heterocycles. The zero-order valence-electron chi connectivity index (χ0n) is 11.8. The first-order valence-electron chi connectivity index (χ1n) is 7.42. The van der Waals surface area contributed by atoms with Gasteiger partial charge in [-0.1, -0.05) is 6.42 Å². The highest BCUT2D eigenvalue weighted by Gasteiger charge is 2.39. The van der Waals surface area contributed by atoms with Crippen molar-refractivity contribution in [2.75, 3.05) is 6.54 Å². The van der Waals surface area contributed by atoms with Crippen molar-refractivity contribution >= 4 is 23.0 Å². The Hall–Kier alpha value is -1.23. The molecule has 5 heteroatoms. The second kappa shape index (κ2) is 5.64. The van der Waals surface area contributed by atoms with Crippen LogP contribution in [0.25, 0.3) is 0 Å². The second-order valence-electron chi connectivity index (χ2n) is 5.78. The fourth-order valence-corrected chi connectivity index (χ4v) is 4.08. The molecule has 2 aliphatic rings. The summed E-state index contributed by atoms with van der Waals surface area (Å²) in [4.78, 5) is 30.9. The lowest BCUT2D eigenvalue weighted by Crippen LogP contribution is -2.43. The van der Waals surface area contributed by atoms with Crippen LogP contribution in [0, 0.1) is 12.8 Å². The number of rotatable bonds is 2. The predicted octanol–water partition coefficient (Wildman–Crippen LogP) is 2.82. The number of nitrogens with zero attached hydrogens (tertiary/aromatic N) is 2. The molecule has 4 nitrogen and oxygen atoms in total. The molecule has 1 amide bonds. The largest absolute Gasteiger partial charge is 0.334 e. The summed E-state index contributed by atoms with van der Waals surface area (Å²) in [7, 11) is 0. The van der Waals surface area contributed by atoms with Crippen LogP contribution < -0.4 is 0 Å². The molecule has 1 aromatic rings. The van der Waals surface area contributed by atoms with Crippen LogP contribution in [-0.4, -0.2) is 34.2 Å². The minimum atomic E-state index is 0.00947. The van der Waals surface area contributed by atoms with Gasteiger partial charge in [0.1, 0.15) is 11.5 Å². The molecule has 0 N–H and O–H groups in total. The number of ketones is 1. The van der Waals surface area contributed by atoms with Crippen molar-refractivity contribution in [2.45, 2.75) is 51.5 Å². The van der Waals surface area contributed by atoms with Gasteiger partial charge in [-0.25, -0.2) is 4.98 Å². The van der Waals surface area contributed by atoms with Crippen LogP contribution in [0.4, 0.5) is 0 Å². The molecule has 0 radical (unpaired) electrons. The van der Waals surface area contributed by atoms with Gasteiger partial charge in [0.15, 0.2) is 0 Å². The van der Waals surface area contributed by atoms with Crippen LogP contribution in [-0.2, 0) is 4.79 Å². The number of hydrogen-bond donors (Lipinski definition) is 0. The Kier molecular flexibility index (Phi) is 3.87. The maximum Gasteiger partial charge on any atom is 0.273 e. The lowest BCUT2D eigenvalue weighted by Gasteiger charge is -2.32. The van der Waals surface area contributed by atoms with E-state index >= 15 is 0 Å². The van der Waals surface area contributed by atoms with Gasteiger partial charge < -0.3 is 4.90 Å². The van der Waals surface area contributed by atoms with E-state index in [1.165, 1.54) is 11.3 Å². The first-order chi connectivity index (χ1) is 9.66. The summed E-state index contributed by atoms with van der Waals surface area (Å²) in [5.74, 6) is 0.431. The number of aryl methyl sites for hydroxylation is 1. The zero-order valence-corrected chi connectivity index (χ0v) is 12.6. The fraction of sp³-hybridized carbons (Fsp3) is 0.667. The molecule has 2 atom stereocenters. The van der Waals surface area contributed by atoms with Crippen LogP contribution in [0.2, 0.25) is 0 Å². The molecule has 20 heavy (non-hydrogen) atoms. The molecule has 0 spiro atoms. The molecule has 3 rings (SSSR count). The molecule has 0 bridgehead atoms. The molecule has 2 unspecified atom stereocenters. The Morgan fingerprint density at radius 2 is 2.20 bits per heavy atom. The molecule has 108 valence electrons. The second-order valence-corrected chi connectivity index (χ2v) is 6.84. The topological polar surface area (TPSA) is 50.3 Å². The first kappa shape index (κ1) is 13.7. The number of carbonyl (C=O) groups excluding carboxylic acids is 2. The van der Waals surface area contributed by atoms with E-state index < -0.39 is 0 Å². The van der Waals surface area contributed by atoms with Gasteiger partial charge in [0, 0.05) is 30.3 Å². The molecular weight excluding hydrogens is 272 g/mol. The average molecular weight is 292 g/mol. The molecular formula is C15H20N2O2S. The van der Waals surface area contributed by atoms with Gasteiger partial charge in [-0.3, -0.25) is 9.59 Å². The van der Waals surface area contributed by atoms with Gasteiger partial charge in [-0.05, 0) is 32.6 Å². The van der Waals surface area contributed by atoms with Gasteiger partial charge in [0.25, 0.3) is 5.91 Å². The van der Waals surface area contributed by atoms with E-state index in [0.717, 1.165) is 43.7 Å². The highest BCUT2D eigenvalue weighted by molar-refractivity contribution is 7.09. The SMILES string of the molecule is Cc1nc(C(=O)N2CCCC2C2CCCCC2=O)cs1. The number of Topliss-reactive ketones (excluding diaryl/α,β-unsaturated/α-hetero) is 1. The summed E-state index contributed by atoms with van der Waals surface area (Å²) in [5, 5.41) is 2.74. The summed E-state index contributed by atoms with van der Waals surface area (Å²) in [6.45, 7) is 2.68. The van der Waals surface area contributed by atoms with E-state index in [9.17, 15) is 9.59 Å². The summed E-state index contributed by atoms with van der Waals surface area (Å²) in [6.07, 6.45) is 5.74. The Labute approximate surface area is 123 Å². The molecule has 2 fully saturated rings. The van der Waals surface area contributed by atoms with Crippen molar-refractivity contribution in [1.29, 1.82) is 0 Å². The highest BCUT2D eigenvalue weighted by atomic mass is 32.1. The minimum absolute atomic E-state index is 0.00947. The molecule has 1 saturated carbocycles. The van der Waals surface area contributed by atoms with Gasteiger partial charge in [-0.15, -0.1) is 11.3 Å². The maximum atomic E-state index is 12.6. The van der Waals surface area contributed by atoms with Gasteiger partial charge in [0.2, 0.25) is 0 Å².